The number of aliphatic hydroxyl groups excluding tert-OH is 1. The number of amides is 8. The van der Waals surface area contributed by atoms with E-state index in [0.29, 0.717) is 38.6 Å². The number of aromatic nitrogens is 1. The highest BCUT2D eigenvalue weighted by molar-refractivity contribution is 7.13. The standard InChI is InChI=1S/C59H78N10O9S/c1-37-52(79-36-63-37)41-24-22-38(23-25-41)33-62-55(75)47-32-43(70)34-68(47)58(78)53(59(2,3)4)65-49(72)20-14-6-5-7-15-21-50(73)67-31-30-42-26-28-46(69(42)57(77)44(60)35-67)56(76)64-45(27-29-48(61)71)54(74)66-51(39-16-10-8-11-17-39)40-18-12-9-13-19-40/h8-13,16-19,22-25,36,42-47,51,53,70H,5-7,14-15,20-21,26-35,60H2,1-4H3,(H2,61,71)(H,62,75)(H,64,76)(H,65,72)(H,66,74)/t42-,43-,44?,45+,46+,47+,53-/m1/s1. The summed E-state index contributed by atoms with van der Waals surface area (Å²) < 4.78 is 0. The van der Waals surface area contributed by atoms with Crippen molar-refractivity contribution >= 4 is 58.6 Å². The van der Waals surface area contributed by atoms with Crippen LogP contribution in [-0.4, -0.2) is 134 Å². The fraction of sp³-hybridized carbons (Fsp3) is 0.508. The zero-order valence-electron chi connectivity index (χ0n) is 45.9. The molecule has 19 nitrogen and oxygen atoms in total. The quantitative estimate of drug-likeness (QED) is 0.0507. The molecule has 0 aliphatic carbocycles. The third kappa shape index (κ3) is 16.1. The molecule has 1 aromatic heterocycles. The third-order valence-corrected chi connectivity index (χ3v) is 16.2. The van der Waals surface area contributed by atoms with Crippen LogP contribution in [0.2, 0.25) is 0 Å². The molecule has 3 saturated heterocycles. The van der Waals surface area contributed by atoms with Crippen LogP contribution >= 0.6 is 11.3 Å². The number of carbonyl (C=O) groups excluding carboxylic acids is 8. The molecule has 9 N–H and O–H groups in total. The first-order valence-corrected chi connectivity index (χ1v) is 28.6. The van der Waals surface area contributed by atoms with Crippen LogP contribution in [0.25, 0.3) is 10.4 Å². The molecule has 3 aliphatic rings. The van der Waals surface area contributed by atoms with E-state index in [9.17, 15) is 43.5 Å². The van der Waals surface area contributed by atoms with Gasteiger partial charge in [-0.05, 0) is 73.1 Å². The molecule has 3 aromatic carbocycles. The van der Waals surface area contributed by atoms with Gasteiger partial charge in [-0.3, -0.25) is 38.4 Å². The number of hydrogen-bond donors (Lipinski definition) is 7. The van der Waals surface area contributed by atoms with Gasteiger partial charge < -0.3 is 52.5 Å². The van der Waals surface area contributed by atoms with Gasteiger partial charge in [0.25, 0.3) is 0 Å². The van der Waals surface area contributed by atoms with Gasteiger partial charge in [0.15, 0.2) is 0 Å². The van der Waals surface area contributed by atoms with Crippen molar-refractivity contribution in [3.8, 4) is 10.4 Å². The minimum absolute atomic E-state index is 0.0112. The molecule has 0 spiro atoms. The maximum atomic E-state index is 14.1. The summed E-state index contributed by atoms with van der Waals surface area (Å²) in [4.78, 5) is 118. The predicted molar refractivity (Wildman–Crippen MR) is 300 cm³/mol. The maximum absolute atomic E-state index is 14.1. The van der Waals surface area contributed by atoms with E-state index < -0.39 is 77.3 Å². The number of hydrogen-bond acceptors (Lipinski definition) is 12. The number of aryl methyl sites for hydroxylation is 1. The topological polar surface area (TPSA) is 280 Å². The number of likely N-dealkylation sites (tertiary alicyclic amines) is 1. The van der Waals surface area contributed by atoms with Crippen molar-refractivity contribution in [2.45, 2.75) is 166 Å². The molecule has 3 fully saturated rings. The predicted octanol–water partition coefficient (Wildman–Crippen LogP) is 4.53. The Bertz CT molecular complexity index is 2710. The number of nitrogens with one attached hydrogen (secondary N) is 4. The minimum Gasteiger partial charge on any atom is -0.391 e. The Hall–Kier alpha value is -7.03. The second-order valence-electron chi connectivity index (χ2n) is 22.3. The molecule has 79 heavy (non-hydrogen) atoms. The molecule has 0 saturated carbocycles. The fourth-order valence-corrected chi connectivity index (χ4v) is 11.7. The zero-order chi connectivity index (χ0) is 56.8. The van der Waals surface area contributed by atoms with Gasteiger partial charge in [0, 0.05) is 57.9 Å². The van der Waals surface area contributed by atoms with Crippen molar-refractivity contribution in [1.29, 1.82) is 0 Å². The minimum atomic E-state index is -1.13. The lowest BCUT2D eigenvalue weighted by molar-refractivity contribution is -0.145. The van der Waals surface area contributed by atoms with E-state index in [2.05, 4.69) is 26.3 Å². The lowest BCUT2D eigenvalue weighted by Crippen LogP contribution is -2.60. The Morgan fingerprint density at radius 2 is 1.42 bits per heavy atom. The monoisotopic (exact) mass is 1100 g/mol. The number of nitrogens with zero attached hydrogens (tertiary/aromatic N) is 4. The molecule has 424 valence electrons. The Labute approximate surface area is 467 Å². The Morgan fingerprint density at radius 1 is 0.772 bits per heavy atom. The smallest absolute Gasteiger partial charge is 0.246 e. The molecular formula is C59H78N10O9S. The Morgan fingerprint density at radius 3 is 2.04 bits per heavy atom. The first kappa shape index (κ1) is 59.6. The largest absolute Gasteiger partial charge is 0.391 e. The summed E-state index contributed by atoms with van der Waals surface area (Å²) in [6.07, 6.45) is 4.10. The molecule has 0 radical (unpaired) electrons. The number of aliphatic hydroxyl groups is 1. The van der Waals surface area contributed by atoms with E-state index in [0.717, 1.165) is 52.1 Å². The zero-order valence-corrected chi connectivity index (χ0v) is 46.7. The molecule has 20 heteroatoms. The molecule has 3 aliphatic heterocycles. The second-order valence-corrected chi connectivity index (χ2v) is 23.1. The molecule has 0 bridgehead atoms. The molecule has 4 aromatic rings. The van der Waals surface area contributed by atoms with E-state index in [1.807, 2.05) is 113 Å². The lowest BCUT2D eigenvalue weighted by atomic mass is 9.85. The second kappa shape index (κ2) is 27.7. The number of benzene rings is 3. The first-order chi connectivity index (χ1) is 37.8. The van der Waals surface area contributed by atoms with Crippen LogP contribution in [0.3, 0.4) is 0 Å². The third-order valence-electron chi connectivity index (χ3n) is 15.2. The number of unbranched alkanes of at least 4 members (excludes halogenated alkanes) is 4. The van der Waals surface area contributed by atoms with E-state index in [-0.39, 0.29) is 75.5 Å². The number of thiazole rings is 1. The molecule has 7 atom stereocenters. The Balaban J connectivity index is 0.831. The molecule has 4 heterocycles. The lowest BCUT2D eigenvalue weighted by Gasteiger charge is -2.37. The van der Waals surface area contributed by atoms with Crippen LogP contribution in [0, 0.1) is 12.3 Å². The van der Waals surface area contributed by atoms with Gasteiger partial charge in [-0.15, -0.1) is 11.3 Å². The van der Waals surface area contributed by atoms with Crippen molar-refractivity contribution in [1.82, 2.24) is 41.0 Å². The first-order valence-electron chi connectivity index (χ1n) is 27.7. The van der Waals surface area contributed by atoms with Gasteiger partial charge in [0.1, 0.15) is 30.2 Å². The van der Waals surface area contributed by atoms with E-state index in [1.54, 1.807) is 21.7 Å². The highest BCUT2D eigenvalue weighted by Gasteiger charge is 2.46. The summed E-state index contributed by atoms with van der Waals surface area (Å²) in [6.45, 7) is 8.07. The maximum Gasteiger partial charge on any atom is 0.246 e. The number of rotatable bonds is 23. The average Bonchev–Trinajstić information content (AvgIpc) is 4.27. The van der Waals surface area contributed by atoms with Gasteiger partial charge in [-0.25, -0.2) is 4.98 Å². The summed E-state index contributed by atoms with van der Waals surface area (Å²) >= 11 is 1.56. The Kier molecular flexibility index (Phi) is 20.9. The number of β-amino-alcohol motifs (C(OH)–C–C–N with tert-alkyl or cyclic N) is 1. The van der Waals surface area contributed by atoms with Crippen LogP contribution in [0.4, 0.5) is 0 Å². The SMILES string of the molecule is Cc1ncsc1-c1ccc(CNC(=O)[C@@H]2C[C@@H](O)CN2C(=O)[C@@H](NC(=O)CCCCCCCC(=O)N2CC[C@H]3CC[C@@H](C(=O)N[C@@H](CCC(N)=O)C(=O)NC(c4ccccc4)c4ccccc4)N3C(=O)C(N)C2)C(C)(C)C)cc1. The van der Waals surface area contributed by atoms with Crippen molar-refractivity contribution in [3.63, 3.8) is 0 Å². The highest BCUT2D eigenvalue weighted by atomic mass is 32.1. The van der Waals surface area contributed by atoms with Gasteiger partial charge in [-0.1, -0.05) is 125 Å². The number of carbonyl (C=O) groups is 8. The average molecular weight is 1100 g/mol. The molecule has 8 amide bonds. The summed E-state index contributed by atoms with van der Waals surface area (Å²) in [7, 11) is 0. The molecule has 1 unspecified atom stereocenters. The van der Waals surface area contributed by atoms with Gasteiger partial charge in [0.05, 0.1) is 28.2 Å². The van der Waals surface area contributed by atoms with Crippen LogP contribution in [0.5, 0.6) is 0 Å². The number of nitrogens with two attached hydrogens (primary N) is 2. The van der Waals surface area contributed by atoms with E-state index >= 15 is 0 Å². The number of primary amides is 1. The van der Waals surface area contributed by atoms with E-state index in [4.69, 9.17) is 11.5 Å². The summed E-state index contributed by atoms with van der Waals surface area (Å²) in [6, 6.07) is 20.8. The van der Waals surface area contributed by atoms with Crippen molar-refractivity contribution in [2.24, 2.45) is 16.9 Å². The number of fused-ring (bicyclic) bond motifs is 1. The fourth-order valence-electron chi connectivity index (χ4n) is 10.9. The summed E-state index contributed by atoms with van der Waals surface area (Å²) in [5.41, 5.74) is 17.6. The summed E-state index contributed by atoms with van der Waals surface area (Å²) in [5, 5.41) is 22.4. The van der Waals surface area contributed by atoms with Gasteiger partial charge in [0.2, 0.25) is 47.3 Å². The van der Waals surface area contributed by atoms with E-state index in [1.165, 1.54) is 9.80 Å². The summed E-state index contributed by atoms with van der Waals surface area (Å²) in [5.74, 6) is -3.33. The van der Waals surface area contributed by atoms with Crippen LogP contribution in [-0.2, 0) is 44.9 Å². The molecular weight excluding hydrogens is 1020 g/mol. The van der Waals surface area contributed by atoms with Crippen LogP contribution in [0.1, 0.15) is 133 Å². The molecule has 7 rings (SSSR count). The van der Waals surface area contributed by atoms with Gasteiger partial charge >= 0.3 is 0 Å². The van der Waals surface area contributed by atoms with Gasteiger partial charge in [-0.2, -0.15) is 0 Å². The van der Waals surface area contributed by atoms with Crippen molar-refractivity contribution in [3.05, 3.63) is 113 Å². The van der Waals surface area contributed by atoms with Crippen molar-refractivity contribution in [2.75, 3.05) is 19.6 Å². The normalized spacial score (nSPS) is 20.2. The van der Waals surface area contributed by atoms with Crippen LogP contribution in [0.15, 0.2) is 90.4 Å². The van der Waals surface area contributed by atoms with Crippen LogP contribution < -0.4 is 32.7 Å². The highest BCUT2D eigenvalue weighted by Crippen LogP contribution is 2.32. The van der Waals surface area contributed by atoms with Crippen molar-refractivity contribution < 1.29 is 43.5 Å².